The van der Waals surface area contributed by atoms with Gasteiger partial charge in [0.05, 0.1) is 12.4 Å². The Hall–Kier alpha value is -1.36. The van der Waals surface area contributed by atoms with Gasteiger partial charge in [-0.1, -0.05) is 13.8 Å². The lowest BCUT2D eigenvalue weighted by molar-refractivity contribution is -0.125. The minimum Gasteiger partial charge on any atom is -0.393 e. The number of nitrogens with one attached hydrogen (secondary N) is 1. The van der Waals surface area contributed by atoms with Gasteiger partial charge in [-0.2, -0.15) is 0 Å². The van der Waals surface area contributed by atoms with Crippen molar-refractivity contribution in [2.45, 2.75) is 45.8 Å². The summed E-state index contributed by atoms with van der Waals surface area (Å²) in [4.78, 5) is 16.2. The minimum absolute atomic E-state index is 0.0420. The van der Waals surface area contributed by atoms with E-state index in [9.17, 15) is 9.90 Å². The van der Waals surface area contributed by atoms with Crippen LogP contribution in [0, 0.1) is 11.8 Å². The first-order valence-corrected chi connectivity index (χ1v) is 7.02. The molecule has 106 valence electrons. The summed E-state index contributed by atoms with van der Waals surface area (Å²) in [5.41, 5.74) is 1.13. The molecule has 2 N–H and O–H groups in total. The monoisotopic (exact) mass is 265 g/mol. The lowest BCUT2D eigenvalue weighted by atomic mass is 9.95. The van der Waals surface area contributed by atoms with E-state index in [-0.39, 0.29) is 23.8 Å². The van der Waals surface area contributed by atoms with Crippen molar-refractivity contribution in [3.8, 4) is 0 Å². The van der Waals surface area contributed by atoms with E-state index >= 15 is 0 Å². The van der Waals surface area contributed by atoms with Crippen molar-refractivity contribution in [1.29, 1.82) is 0 Å². The van der Waals surface area contributed by atoms with Gasteiger partial charge in [0.25, 0.3) is 0 Å². The number of amides is 1. The Kier molecular flexibility index (Phi) is 4.58. The molecule has 0 aromatic carbocycles. The van der Waals surface area contributed by atoms with Crippen molar-refractivity contribution in [3.63, 3.8) is 0 Å². The van der Waals surface area contributed by atoms with Crippen molar-refractivity contribution < 1.29 is 9.90 Å². The standard InChI is InChI=1S/C14H23N3O2/c1-10(2)13(18)3-5-16-14(19)11-4-6-17-9-15-8-12(17)7-11/h8-11,13,18H,3-7H2,1-2H3,(H,16,19). The Balaban J connectivity index is 1.76. The number of carbonyl (C=O) groups excluding carboxylic acids is 1. The Labute approximate surface area is 114 Å². The van der Waals surface area contributed by atoms with Crippen LogP contribution in [0.5, 0.6) is 0 Å². The molecule has 1 aromatic heterocycles. The summed E-state index contributed by atoms with van der Waals surface area (Å²) >= 11 is 0. The third kappa shape index (κ3) is 3.56. The SMILES string of the molecule is CC(C)C(O)CCNC(=O)C1CCn2cncc2C1. The molecule has 0 aliphatic carbocycles. The summed E-state index contributed by atoms with van der Waals surface area (Å²) < 4.78 is 2.10. The number of nitrogens with zero attached hydrogens (tertiary/aromatic N) is 2. The van der Waals surface area contributed by atoms with Gasteiger partial charge in [-0.15, -0.1) is 0 Å². The summed E-state index contributed by atoms with van der Waals surface area (Å²) in [6, 6.07) is 0. The van der Waals surface area contributed by atoms with Gasteiger partial charge in [-0.3, -0.25) is 4.79 Å². The molecule has 19 heavy (non-hydrogen) atoms. The molecule has 2 atom stereocenters. The van der Waals surface area contributed by atoms with Crippen molar-refractivity contribution in [1.82, 2.24) is 14.9 Å². The minimum atomic E-state index is -0.340. The number of hydrogen-bond acceptors (Lipinski definition) is 3. The normalized spacial score (nSPS) is 20.1. The number of aromatic nitrogens is 2. The number of aryl methyl sites for hydroxylation is 1. The smallest absolute Gasteiger partial charge is 0.223 e. The van der Waals surface area contributed by atoms with Gasteiger partial charge in [0, 0.05) is 37.3 Å². The molecule has 1 aliphatic rings. The number of carbonyl (C=O) groups is 1. The zero-order valence-electron chi connectivity index (χ0n) is 11.7. The van der Waals surface area contributed by atoms with Crippen molar-refractivity contribution in [2.75, 3.05) is 6.54 Å². The number of aliphatic hydroxyl groups is 1. The van der Waals surface area contributed by atoms with Gasteiger partial charge < -0.3 is 15.0 Å². The molecule has 1 amide bonds. The average Bonchev–Trinajstić information content (AvgIpc) is 2.85. The fraction of sp³-hybridized carbons (Fsp3) is 0.714. The molecule has 0 spiro atoms. The Morgan fingerprint density at radius 2 is 2.42 bits per heavy atom. The Bertz CT molecular complexity index is 428. The quantitative estimate of drug-likeness (QED) is 0.833. The molecule has 1 aromatic rings. The summed E-state index contributed by atoms with van der Waals surface area (Å²) in [5.74, 6) is 0.379. The van der Waals surface area contributed by atoms with Crippen molar-refractivity contribution >= 4 is 5.91 Å². The van der Waals surface area contributed by atoms with E-state index in [4.69, 9.17) is 0 Å². The van der Waals surface area contributed by atoms with E-state index in [1.54, 1.807) is 0 Å². The zero-order valence-corrected chi connectivity index (χ0v) is 11.7. The van der Waals surface area contributed by atoms with E-state index in [2.05, 4.69) is 14.9 Å². The molecule has 5 nitrogen and oxygen atoms in total. The molecule has 5 heteroatoms. The molecule has 0 saturated carbocycles. The molecule has 2 heterocycles. The summed E-state index contributed by atoms with van der Waals surface area (Å²) in [6.07, 6.45) is 5.56. The molecule has 1 aliphatic heterocycles. The van der Waals surface area contributed by atoms with Gasteiger partial charge in [0.1, 0.15) is 0 Å². The highest BCUT2D eigenvalue weighted by Gasteiger charge is 2.24. The Morgan fingerprint density at radius 1 is 1.63 bits per heavy atom. The maximum Gasteiger partial charge on any atom is 0.223 e. The van der Waals surface area contributed by atoms with Gasteiger partial charge in [0.2, 0.25) is 5.91 Å². The summed E-state index contributed by atoms with van der Waals surface area (Å²) in [7, 11) is 0. The number of hydrogen-bond donors (Lipinski definition) is 2. The van der Waals surface area contributed by atoms with E-state index in [0.29, 0.717) is 13.0 Å². The zero-order chi connectivity index (χ0) is 13.8. The topological polar surface area (TPSA) is 67.2 Å². The fourth-order valence-corrected chi connectivity index (χ4v) is 2.41. The van der Waals surface area contributed by atoms with Crippen LogP contribution in [0.2, 0.25) is 0 Å². The van der Waals surface area contributed by atoms with Crippen LogP contribution in [-0.4, -0.2) is 33.2 Å². The number of rotatable bonds is 5. The van der Waals surface area contributed by atoms with Crippen LogP contribution < -0.4 is 5.32 Å². The second kappa shape index (κ2) is 6.19. The van der Waals surface area contributed by atoms with Crippen LogP contribution in [0.25, 0.3) is 0 Å². The third-order valence-electron chi connectivity index (χ3n) is 3.85. The van der Waals surface area contributed by atoms with E-state index in [1.165, 1.54) is 0 Å². The lowest BCUT2D eigenvalue weighted by Gasteiger charge is -2.23. The Morgan fingerprint density at radius 3 is 3.16 bits per heavy atom. The maximum absolute atomic E-state index is 12.1. The second-order valence-electron chi connectivity index (χ2n) is 5.66. The molecule has 0 fully saturated rings. The average molecular weight is 265 g/mol. The van der Waals surface area contributed by atoms with Crippen LogP contribution >= 0.6 is 0 Å². The number of fused-ring (bicyclic) bond motifs is 1. The molecule has 2 unspecified atom stereocenters. The van der Waals surface area contributed by atoms with Crippen LogP contribution in [-0.2, 0) is 17.8 Å². The van der Waals surface area contributed by atoms with E-state index in [1.807, 2.05) is 26.4 Å². The van der Waals surface area contributed by atoms with Gasteiger partial charge in [0.15, 0.2) is 0 Å². The van der Waals surface area contributed by atoms with E-state index < -0.39 is 0 Å². The highest BCUT2D eigenvalue weighted by molar-refractivity contribution is 5.79. The fourth-order valence-electron chi connectivity index (χ4n) is 2.41. The molecule has 0 radical (unpaired) electrons. The summed E-state index contributed by atoms with van der Waals surface area (Å²) in [5, 5.41) is 12.6. The highest BCUT2D eigenvalue weighted by Crippen LogP contribution is 2.19. The molecule has 2 rings (SSSR count). The predicted molar refractivity (Wildman–Crippen MR) is 72.5 cm³/mol. The molecular weight excluding hydrogens is 242 g/mol. The van der Waals surface area contributed by atoms with Gasteiger partial charge in [-0.05, 0) is 18.8 Å². The second-order valence-corrected chi connectivity index (χ2v) is 5.66. The third-order valence-corrected chi connectivity index (χ3v) is 3.85. The van der Waals surface area contributed by atoms with Crippen LogP contribution in [0.1, 0.15) is 32.4 Å². The van der Waals surface area contributed by atoms with Gasteiger partial charge >= 0.3 is 0 Å². The predicted octanol–water partition coefficient (Wildman–Crippen LogP) is 0.969. The highest BCUT2D eigenvalue weighted by atomic mass is 16.3. The van der Waals surface area contributed by atoms with Crippen molar-refractivity contribution in [3.05, 3.63) is 18.2 Å². The van der Waals surface area contributed by atoms with Crippen molar-refractivity contribution in [2.24, 2.45) is 11.8 Å². The lowest BCUT2D eigenvalue weighted by Crippen LogP contribution is -2.36. The molecule has 0 saturated heterocycles. The van der Waals surface area contributed by atoms with Crippen LogP contribution in [0.3, 0.4) is 0 Å². The van der Waals surface area contributed by atoms with Gasteiger partial charge in [-0.25, -0.2) is 4.98 Å². The van der Waals surface area contributed by atoms with E-state index in [0.717, 1.165) is 25.1 Å². The van der Waals surface area contributed by atoms with Crippen LogP contribution in [0.4, 0.5) is 0 Å². The molecular formula is C14H23N3O2. The first kappa shape index (κ1) is 14.1. The maximum atomic E-state index is 12.1. The first-order valence-electron chi connectivity index (χ1n) is 7.02. The first-order chi connectivity index (χ1) is 9.08. The number of aliphatic hydroxyl groups excluding tert-OH is 1. The molecule has 0 bridgehead atoms. The van der Waals surface area contributed by atoms with Crippen LogP contribution in [0.15, 0.2) is 12.5 Å². The number of imidazole rings is 1. The summed E-state index contributed by atoms with van der Waals surface area (Å²) in [6.45, 7) is 5.37. The largest absolute Gasteiger partial charge is 0.393 e.